The van der Waals surface area contributed by atoms with Gasteiger partial charge in [0, 0.05) is 36.3 Å². The second kappa shape index (κ2) is 18.2. The molecule has 0 aromatic heterocycles. The molecule has 2 nitrogen and oxygen atoms in total. The summed E-state index contributed by atoms with van der Waals surface area (Å²) in [5, 5.41) is 0. The van der Waals surface area contributed by atoms with Crippen molar-refractivity contribution < 1.29 is 79.0 Å². The summed E-state index contributed by atoms with van der Waals surface area (Å²) >= 11 is 0. The Balaban J connectivity index is 0.963. The van der Waals surface area contributed by atoms with Crippen molar-refractivity contribution in [1.82, 2.24) is 9.80 Å². The Hall–Kier alpha value is -1.34. The lowest BCUT2D eigenvalue weighted by Crippen LogP contribution is -2.55. The summed E-state index contributed by atoms with van der Waals surface area (Å²) in [5.74, 6) is -22.4. The minimum Gasteiger partial charge on any atom is -0.294 e. The molecule has 0 bridgehead atoms. The molecule has 0 aromatic rings. The van der Waals surface area contributed by atoms with E-state index in [1.165, 1.54) is 0 Å². The summed E-state index contributed by atoms with van der Waals surface area (Å²) in [6.45, 7) is 0. The van der Waals surface area contributed by atoms with Gasteiger partial charge in [-0.1, -0.05) is 51.4 Å². The molecule has 2 heterocycles. The molecule has 0 spiro atoms. The molecule has 9 fully saturated rings. The van der Waals surface area contributed by atoms with Crippen LogP contribution < -0.4 is 0 Å². The molecule has 7 saturated carbocycles. The van der Waals surface area contributed by atoms with Gasteiger partial charge in [-0.3, -0.25) is 9.80 Å². The monoisotopic (exact) mass is 1010 g/mol. The van der Waals surface area contributed by atoms with Crippen LogP contribution in [-0.4, -0.2) is 83.1 Å². The number of rotatable bonds is 4. The molecule has 68 heavy (non-hydrogen) atoms. The van der Waals surface area contributed by atoms with E-state index in [1.54, 1.807) is 0 Å². The Morgan fingerprint density at radius 1 is 0.265 bits per heavy atom. The zero-order valence-electron chi connectivity index (χ0n) is 37.8. The van der Waals surface area contributed by atoms with Crippen molar-refractivity contribution >= 4 is 0 Å². The van der Waals surface area contributed by atoms with E-state index in [0.29, 0.717) is 51.4 Å². The lowest BCUT2D eigenvalue weighted by molar-refractivity contribution is -0.318. The van der Waals surface area contributed by atoms with Gasteiger partial charge in [-0.2, -0.15) is 79.0 Å². The summed E-state index contributed by atoms with van der Waals surface area (Å²) in [6.07, 6.45) is -24.6. The maximum atomic E-state index is 14.4. The molecule has 0 N–H and O–H groups in total. The van der Waals surface area contributed by atoms with E-state index in [0.717, 1.165) is 64.2 Å². The van der Waals surface area contributed by atoms with Crippen molar-refractivity contribution in [1.29, 1.82) is 0 Å². The molecular weight excluding hydrogens is 947 g/mol. The molecule has 16 unspecified atom stereocenters. The van der Waals surface area contributed by atoms with Crippen LogP contribution in [0, 0.1) is 82.9 Å². The smallest absolute Gasteiger partial charge is 0.294 e. The summed E-state index contributed by atoms with van der Waals surface area (Å²) in [6, 6.07) is 0.0728. The zero-order chi connectivity index (χ0) is 49.3. The molecule has 0 radical (unpaired) electrons. The van der Waals surface area contributed by atoms with Crippen LogP contribution in [0.4, 0.5) is 79.0 Å². The Kier molecular flexibility index (Phi) is 13.8. The third kappa shape index (κ3) is 9.55. The van der Waals surface area contributed by atoms with Crippen LogP contribution in [0.2, 0.25) is 0 Å². The Labute approximate surface area is 385 Å². The SMILES string of the molecule is FC(F)(F)C1CC(C2CCCC(N3C4CCCCC4C4C5C6CCCCC6N(C6CCCC(C7CC(C(F)(F)F)C(C(F)(F)F)C(C(F)(F)F)C7)C6)C5CCC43)C2)CC(C(F)(F)F)C1C(F)(F)F. The number of nitrogens with zero attached hydrogens (tertiary/aromatic N) is 2. The van der Waals surface area contributed by atoms with Crippen molar-refractivity contribution in [3.63, 3.8) is 0 Å². The van der Waals surface area contributed by atoms with Crippen molar-refractivity contribution in [3.8, 4) is 0 Å². The van der Waals surface area contributed by atoms with Gasteiger partial charge in [0.15, 0.2) is 0 Å². The number of hydrogen-bond donors (Lipinski definition) is 0. The first kappa shape index (κ1) is 51.6. The van der Waals surface area contributed by atoms with Crippen LogP contribution in [-0.2, 0) is 0 Å². The molecule has 0 aromatic carbocycles. The number of hydrogen-bond acceptors (Lipinski definition) is 2. The van der Waals surface area contributed by atoms with E-state index in [1.807, 2.05) is 0 Å². The third-order valence-electron chi connectivity index (χ3n) is 20.1. The largest absolute Gasteiger partial charge is 0.393 e. The average Bonchev–Trinajstić information content (AvgIpc) is 3.76. The normalized spacial score (nSPS) is 46.1. The van der Waals surface area contributed by atoms with Crippen LogP contribution in [0.25, 0.3) is 0 Å². The van der Waals surface area contributed by atoms with Gasteiger partial charge in [-0.15, -0.1) is 0 Å². The first-order valence-electron chi connectivity index (χ1n) is 25.5. The highest BCUT2D eigenvalue weighted by molar-refractivity contribution is 5.17. The lowest BCUT2D eigenvalue weighted by atomic mass is 9.61. The van der Waals surface area contributed by atoms with Gasteiger partial charge in [0.05, 0.1) is 35.5 Å². The number of alkyl halides is 18. The van der Waals surface area contributed by atoms with Crippen molar-refractivity contribution in [2.75, 3.05) is 0 Å². The van der Waals surface area contributed by atoms with Gasteiger partial charge in [0.2, 0.25) is 0 Å². The standard InChI is InChI=1S/C48H64F18N2/c49-43(50,51)31-19-25(20-32(44(52,53)54)41(31)47(61,62)63)23-7-5-9-27(17-23)67-35-13-3-1-11-29(35)39-37(67)15-16-38-40(39)30-12-2-4-14-36(30)68(38)28-10-6-8-24(18-28)26-21-33(45(55,56)57)42(48(64,65)66)34(22-26)46(58,59)60/h23-42H,1-22H2. The summed E-state index contributed by atoms with van der Waals surface area (Å²) in [5.41, 5.74) is 0. The van der Waals surface area contributed by atoms with Gasteiger partial charge in [-0.25, -0.2) is 0 Å². The third-order valence-corrected chi connectivity index (χ3v) is 20.1. The van der Waals surface area contributed by atoms with Gasteiger partial charge >= 0.3 is 37.1 Å². The molecule has 0 amide bonds. The Morgan fingerprint density at radius 3 is 0.868 bits per heavy atom. The molecule has 7 aliphatic carbocycles. The summed E-state index contributed by atoms with van der Waals surface area (Å²) in [7, 11) is 0. The highest BCUT2D eigenvalue weighted by atomic mass is 19.4. The van der Waals surface area contributed by atoms with Crippen LogP contribution >= 0.6 is 0 Å². The van der Waals surface area contributed by atoms with E-state index >= 15 is 0 Å². The molecule has 9 aliphatic rings. The maximum Gasteiger partial charge on any atom is 0.393 e. The maximum absolute atomic E-state index is 14.4. The van der Waals surface area contributed by atoms with Crippen LogP contribution in [0.3, 0.4) is 0 Å². The number of fused-ring (bicyclic) bond motifs is 7. The van der Waals surface area contributed by atoms with Crippen molar-refractivity contribution in [2.45, 2.75) is 215 Å². The van der Waals surface area contributed by atoms with Crippen molar-refractivity contribution in [2.24, 2.45) is 82.9 Å². The minimum atomic E-state index is -5.69. The molecule has 2 aliphatic heterocycles. The summed E-state index contributed by atoms with van der Waals surface area (Å²) < 4.78 is 257. The molecular formula is C48H64F18N2. The van der Waals surface area contributed by atoms with Crippen LogP contribution in [0.5, 0.6) is 0 Å². The fraction of sp³-hybridized carbons (Fsp3) is 1.00. The molecule has 392 valence electrons. The lowest BCUT2D eigenvalue weighted by Gasteiger charge is -2.50. The van der Waals surface area contributed by atoms with E-state index in [4.69, 9.17) is 0 Å². The molecule has 20 heteroatoms. The Bertz CT molecular complexity index is 1560. The average molecular weight is 1010 g/mol. The van der Waals surface area contributed by atoms with Gasteiger partial charge in [-0.05, 0) is 137 Å². The predicted octanol–water partition coefficient (Wildman–Crippen LogP) is 15.5. The van der Waals surface area contributed by atoms with Crippen LogP contribution in [0.15, 0.2) is 0 Å². The van der Waals surface area contributed by atoms with Crippen LogP contribution in [0.1, 0.15) is 141 Å². The first-order chi connectivity index (χ1) is 31.5. The van der Waals surface area contributed by atoms with E-state index in [2.05, 4.69) is 9.80 Å². The van der Waals surface area contributed by atoms with E-state index < -0.39 is 122 Å². The summed E-state index contributed by atoms with van der Waals surface area (Å²) in [4.78, 5) is 5.12. The second-order valence-electron chi connectivity index (χ2n) is 23.1. The fourth-order valence-corrected chi connectivity index (χ4v) is 18.0. The van der Waals surface area contributed by atoms with E-state index in [9.17, 15) is 79.0 Å². The predicted molar refractivity (Wildman–Crippen MR) is 213 cm³/mol. The minimum absolute atomic E-state index is 0.0731. The first-order valence-corrected chi connectivity index (χ1v) is 25.5. The number of likely N-dealkylation sites (tertiary alicyclic amines) is 2. The highest BCUT2D eigenvalue weighted by Crippen LogP contribution is 2.64. The highest BCUT2D eigenvalue weighted by Gasteiger charge is 2.69. The molecule has 2 saturated heterocycles. The van der Waals surface area contributed by atoms with E-state index in [-0.39, 0.29) is 59.9 Å². The molecule has 16 atom stereocenters. The van der Waals surface area contributed by atoms with Gasteiger partial charge in [0.1, 0.15) is 0 Å². The topological polar surface area (TPSA) is 6.48 Å². The Morgan fingerprint density at radius 2 is 0.574 bits per heavy atom. The molecule has 9 rings (SSSR count). The quantitative estimate of drug-likeness (QED) is 0.259. The van der Waals surface area contributed by atoms with Gasteiger partial charge in [0.25, 0.3) is 0 Å². The zero-order valence-corrected chi connectivity index (χ0v) is 37.8. The van der Waals surface area contributed by atoms with Gasteiger partial charge < -0.3 is 0 Å². The van der Waals surface area contributed by atoms with Crippen molar-refractivity contribution in [3.05, 3.63) is 0 Å². The fourth-order valence-electron chi connectivity index (χ4n) is 18.0. The number of halogens is 18. The second-order valence-corrected chi connectivity index (χ2v) is 23.1.